The summed E-state index contributed by atoms with van der Waals surface area (Å²) < 4.78 is 5.17. The van der Waals surface area contributed by atoms with Crippen molar-refractivity contribution in [3.05, 3.63) is 10.6 Å². The normalized spacial score (nSPS) is 25.0. The molecule has 1 aliphatic heterocycles. The predicted molar refractivity (Wildman–Crippen MR) is 80.5 cm³/mol. The molecule has 2 atom stereocenters. The van der Waals surface area contributed by atoms with Crippen molar-refractivity contribution in [1.82, 2.24) is 4.98 Å². The van der Waals surface area contributed by atoms with Crippen LogP contribution in [0.2, 0.25) is 0 Å². The highest BCUT2D eigenvalue weighted by molar-refractivity contribution is 7.15. The Morgan fingerprint density at radius 1 is 1.45 bits per heavy atom. The molecule has 20 heavy (non-hydrogen) atoms. The minimum atomic E-state index is -0.127. The zero-order valence-corrected chi connectivity index (χ0v) is 13.0. The van der Waals surface area contributed by atoms with E-state index in [2.05, 4.69) is 11.8 Å². The SMILES string of the molecule is CCOC(=O)C1CCc2sc(N3CCCC3CC)nc21. The molecule has 110 valence electrons. The van der Waals surface area contributed by atoms with Crippen molar-refractivity contribution < 1.29 is 9.53 Å². The molecule has 0 aromatic carbocycles. The van der Waals surface area contributed by atoms with Crippen molar-refractivity contribution in [3.63, 3.8) is 0 Å². The van der Waals surface area contributed by atoms with Crippen LogP contribution in [0.1, 0.15) is 56.0 Å². The average molecular weight is 294 g/mol. The van der Waals surface area contributed by atoms with Crippen molar-refractivity contribution in [2.24, 2.45) is 0 Å². The molecule has 1 aromatic heterocycles. The number of carbonyl (C=O) groups excluding carboxylic acids is 1. The first-order valence-electron chi connectivity index (χ1n) is 7.67. The Hall–Kier alpha value is -1.10. The molecule has 0 N–H and O–H groups in total. The van der Waals surface area contributed by atoms with Crippen LogP contribution in [0.15, 0.2) is 0 Å². The number of hydrogen-bond donors (Lipinski definition) is 0. The van der Waals surface area contributed by atoms with E-state index >= 15 is 0 Å². The molecule has 2 unspecified atom stereocenters. The molecule has 2 heterocycles. The Morgan fingerprint density at radius 3 is 3.05 bits per heavy atom. The van der Waals surface area contributed by atoms with Gasteiger partial charge in [-0.15, -0.1) is 11.3 Å². The van der Waals surface area contributed by atoms with Crippen molar-refractivity contribution in [2.75, 3.05) is 18.1 Å². The summed E-state index contributed by atoms with van der Waals surface area (Å²) in [6.07, 6.45) is 5.53. The van der Waals surface area contributed by atoms with E-state index in [-0.39, 0.29) is 11.9 Å². The molecule has 0 saturated carbocycles. The van der Waals surface area contributed by atoms with Crippen LogP contribution in [0.5, 0.6) is 0 Å². The molecule has 3 rings (SSSR count). The van der Waals surface area contributed by atoms with Gasteiger partial charge in [0.2, 0.25) is 0 Å². The second-order valence-corrected chi connectivity index (χ2v) is 6.61. The van der Waals surface area contributed by atoms with Gasteiger partial charge in [0.05, 0.1) is 12.3 Å². The van der Waals surface area contributed by atoms with Gasteiger partial charge in [0.25, 0.3) is 0 Å². The zero-order valence-electron chi connectivity index (χ0n) is 12.2. The highest BCUT2D eigenvalue weighted by Crippen LogP contribution is 2.41. The predicted octanol–water partition coefficient (Wildman–Crippen LogP) is 3.11. The Bertz CT molecular complexity index is 500. The van der Waals surface area contributed by atoms with E-state index in [0.29, 0.717) is 12.6 Å². The van der Waals surface area contributed by atoms with Gasteiger partial charge in [-0.2, -0.15) is 0 Å². The molecule has 2 aliphatic rings. The van der Waals surface area contributed by atoms with Crippen LogP contribution < -0.4 is 4.90 Å². The molecule has 1 aromatic rings. The number of aryl methyl sites for hydroxylation is 1. The van der Waals surface area contributed by atoms with E-state index in [1.807, 2.05) is 6.92 Å². The number of anilines is 1. The molecule has 4 nitrogen and oxygen atoms in total. The average Bonchev–Trinajstić information content (AvgIpc) is 3.12. The van der Waals surface area contributed by atoms with Crippen LogP contribution in [0.25, 0.3) is 0 Å². The maximum absolute atomic E-state index is 12.0. The molecule has 0 amide bonds. The van der Waals surface area contributed by atoms with Gasteiger partial charge in [-0.05, 0) is 39.0 Å². The first-order valence-corrected chi connectivity index (χ1v) is 8.49. The molecular weight excluding hydrogens is 272 g/mol. The lowest BCUT2D eigenvalue weighted by molar-refractivity contribution is -0.145. The molecular formula is C15H22N2O2S. The van der Waals surface area contributed by atoms with Gasteiger partial charge in [0, 0.05) is 17.5 Å². The van der Waals surface area contributed by atoms with E-state index < -0.39 is 0 Å². The smallest absolute Gasteiger partial charge is 0.315 e. The zero-order chi connectivity index (χ0) is 14.1. The van der Waals surface area contributed by atoms with E-state index in [4.69, 9.17) is 9.72 Å². The second kappa shape index (κ2) is 5.72. The Labute approximate surface area is 124 Å². The highest BCUT2D eigenvalue weighted by Gasteiger charge is 2.35. The van der Waals surface area contributed by atoms with E-state index in [0.717, 1.165) is 30.2 Å². The van der Waals surface area contributed by atoms with Gasteiger partial charge >= 0.3 is 5.97 Å². The van der Waals surface area contributed by atoms with Crippen molar-refractivity contribution in [3.8, 4) is 0 Å². The van der Waals surface area contributed by atoms with E-state index in [1.54, 1.807) is 11.3 Å². The number of ether oxygens (including phenoxy) is 1. The van der Waals surface area contributed by atoms with Crippen LogP contribution >= 0.6 is 11.3 Å². The van der Waals surface area contributed by atoms with Crippen molar-refractivity contribution in [2.45, 2.75) is 57.9 Å². The molecule has 0 radical (unpaired) electrons. The monoisotopic (exact) mass is 294 g/mol. The van der Waals surface area contributed by atoms with Gasteiger partial charge in [-0.3, -0.25) is 4.79 Å². The summed E-state index contributed by atoms with van der Waals surface area (Å²) in [5.74, 6) is -0.228. The third-order valence-corrected chi connectivity index (χ3v) is 5.54. The van der Waals surface area contributed by atoms with E-state index in [1.165, 1.54) is 24.1 Å². The Morgan fingerprint density at radius 2 is 2.30 bits per heavy atom. The third kappa shape index (κ3) is 2.32. The number of aromatic nitrogens is 1. The van der Waals surface area contributed by atoms with Crippen LogP contribution in [0.3, 0.4) is 0 Å². The fourth-order valence-electron chi connectivity index (χ4n) is 3.32. The number of carbonyl (C=O) groups is 1. The fraction of sp³-hybridized carbons (Fsp3) is 0.733. The lowest BCUT2D eigenvalue weighted by Gasteiger charge is -2.22. The number of nitrogens with zero attached hydrogens (tertiary/aromatic N) is 2. The highest BCUT2D eigenvalue weighted by atomic mass is 32.1. The summed E-state index contributed by atoms with van der Waals surface area (Å²) >= 11 is 1.78. The first kappa shape index (κ1) is 13.9. The Balaban J connectivity index is 1.81. The summed E-state index contributed by atoms with van der Waals surface area (Å²) in [5.41, 5.74) is 0.991. The first-order chi connectivity index (χ1) is 9.74. The standard InChI is InChI=1S/C15H22N2O2S/c1-3-10-6-5-9-17(10)15-16-13-11(14(18)19-4-2)7-8-12(13)20-15/h10-11H,3-9H2,1-2H3. The summed E-state index contributed by atoms with van der Waals surface area (Å²) in [4.78, 5) is 20.5. The van der Waals surface area contributed by atoms with Gasteiger partial charge < -0.3 is 9.64 Å². The molecule has 5 heteroatoms. The van der Waals surface area contributed by atoms with Gasteiger partial charge in [0.1, 0.15) is 5.92 Å². The summed E-state index contributed by atoms with van der Waals surface area (Å²) in [6.45, 7) is 5.66. The quantitative estimate of drug-likeness (QED) is 0.800. The number of hydrogen-bond acceptors (Lipinski definition) is 5. The number of thiazole rings is 1. The minimum absolute atomic E-state index is 0.100. The van der Waals surface area contributed by atoms with Crippen LogP contribution in [-0.2, 0) is 16.0 Å². The molecule has 0 spiro atoms. The fourth-order valence-corrected chi connectivity index (χ4v) is 4.56. The molecule has 0 bridgehead atoms. The largest absolute Gasteiger partial charge is 0.465 e. The van der Waals surface area contributed by atoms with E-state index in [9.17, 15) is 4.79 Å². The van der Waals surface area contributed by atoms with Gasteiger partial charge in [-0.25, -0.2) is 4.98 Å². The lowest BCUT2D eigenvalue weighted by atomic mass is 10.1. The number of esters is 1. The number of fused-ring (bicyclic) bond motifs is 1. The summed E-state index contributed by atoms with van der Waals surface area (Å²) in [6, 6.07) is 0.627. The topological polar surface area (TPSA) is 42.4 Å². The molecule has 1 aliphatic carbocycles. The summed E-state index contributed by atoms with van der Waals surface area (Å²) in [5, 5.41) is 1.12. The molecule has 1 saturated heterocycles. The lowest BCUT2D eigenvalue weighted by Crippen LogP contribution is -2.28. The van der Waals surface area contributed by atoms with Crippen LogP contribution in [-0.4, -0.2) is 30.1 Å². The number of rotatable bonds is 4. The van der Waals surface area contributed by atoms with Crippen molar-refractivity contribution in [1.29, 1.82) is 0 Å². The minimum Gasteiger partial charge on any atom is -0.465 e. The van der Waals surface area contributed by atoms with Gasteiger partial charge in [-0.1, -0.05) is 6.92 Å². The Kier molecular flexibility index (Phi) is 3.96. The maximum atomic E-state index is 12.0. The summed E-state index contributed by atoms with van der Waals surface area (Å²) in [7, 11) is 0. The van der Waals surface area contributed by atoms with Crippen LogP contribution in [0, 0.1) is 0 Å². The third-order valence-electron chi connectivity index (χ3n) is 4.37. The van der Waals surface area contributed by atoms with Crippen molar-refractivity contribution >= 4 is 22.4 Å². The van der Waals surface area contributed by atoms with Crippen LogP contribution in [0.4, 0.5) is 5.13 Å². The van der Waals surface area contributed by atoms with Gasteiger partial charge in [0.15, 0.2) is 5.13 Å². The maximum Gasteiger partial charge on any atom is 0.315 e. The molecule has 1 fully saturated rings. The second-order valence-electron chi connectivity index (χ2n) is 5.55.